The van der Waals surface area contributed by atoms with Crippen LogP contribution < -0.4 is 5.73 Å². The number of aromatic nitrogens is 3. The van der Waals surface area contributed by atoms with Crippen LogP contribution in [0.15, 0.2) is 50.5 Å². The first-order valence-electron chi connectivity index (χ1n) is 10.8. The molecule has 2 atom stereocenters. The van der Waals surface area contributed by atoms with Crippen molar-refractivity contribution in [3.63, 3.8) is 0 Å². The van der Waals surface area contributed by atoms with E-state index < -0.39 is 5.54 Å². The fourth-order valence-electron chi connectivity index (χ4n) is 4.79. The van der Waals surface area contributed by atoms with Crippen LogP contribution in [0.4, 0.5) is 4.39 Å². The molecule has 2 aliphatic rings. The Balaban J connectivity index is 1.53. The summed E-state index contributed by atoms with van der Waals surface area (Å²) in [6.07, 6.45) is 7.23. The molecule has 2 aromatic heterocycles. The van der Waals surface area contributed by atoms with Crippen LogP contribution in [0.3, 0.4) is 0 Å². The zero-order chi connectivity index (χ0) is 23.2. The molecule has 5 rings (SSSR count). The SMILES string of the molecule is CN=[S@]1C[C@@](C)(c2cc(-c3cc(-c4ncc(Cl)cn4)no3)ccc2F)N=C(N)C12CCCC2. The van der Waals surface area contributed by atoms with Crippen molar-refractivity contribution in [1.82, 2.24) is 15.1 Å². The normalized spacial score (nSPS) is 24.4. The summed E-state index contributed by atoms with van der Waals surface area (Å²) in [4.78, 5) is 13.2. The number of nitrogens with two attached hydrogens (primary N) is 1. The van der Waals surface area contributed by atoms with E-state index in [2.05, 4.69) is 15.1 Å². The largest absolute Gasteiger partial charge is 0.386 e. The van der Waals surface area contributed by atoms with Gasteiger partial charge in [0, 0.05) is 42.4 Å². The van der Waals surface area contributed by atoms with Gasteiger partial charge in [-0.1, -0.05) is 40.3 Å². The van der Waals surface area contributed by atoms with E-state index in [4.69, 9.17) is 31.2 Å². The van der Waals surface area contributed by atoms with E-state index in [-0.39, 0.29) is 21.3 Å². The predicted octanol–water partition coefficient (Wildman–Crippen LogP) is 4.92. The molecule has 1 aliphatic carbocycles. The maximum atomic E-state index is 15.1. The van der Waals surface area contributed by atoms with Gasteiger partial charge in [-0.15, -0.1) is 0 Å². The van der Waals surface area contributed by atoms with Crippen molar-refractivity contribution >= 4 is 28.1 Å². The molecule has 3 aromatic rings. The third kappa shape index (κ3) is 3.77. The molecule has 0 saturated heterocycles. The fraction of sp³-hybridized carbons (Fsp3) is 0.391. The Kier molecular flexibility index (Phi) is 5.56. The minimum absolute atomic E-state index is 0.166. The van der Waals surface area contributed by atoms with Gasteiger partial charge in [-0.25, -0.2) is 14.4 Å². The molecule has 2 N–H and O–H groups in total. The van der Waals surface area contributed by atoms with E-state index in [0.29, 0.717) is 45.0 Å². The maximum Gasteiger partial charge on any atom is 0.181 e. The highest BCUT2D eigenvalue weighted by Gasteiger charge is 2.49. The van der Waals surface area contributed by atoms with Crippen LogP contribution in [0.5, 0.6) is 0 Å². The third-order valence-corrected chi connectivity index (χ3v) is 9.52. The zero-order valence-corrected chi connectivity index (χ0v) is 20.0. The van der Waals surface area contributed by atoms with Crippen LogP contribution in [0.25, 0.3) is 22.8 Å². The van der Waals surface area contributed by atoms with Crippen molar-refractivity contribution < 1.29 is 8.91 Å². The van der Waals surface area contributed by atoms with Crippen molar-refractivity contribution in [2.45, 2.75) is 42.9 Å². The Bertz CT molecular complexity index is 1270. The van der Waals surface area contributed by atoms with Crippen LogP contribution >= 0.6 is 11.6 Å². The molecule has 10 heteroatoms. The maximum absolute atomic E-state index is 15.1. The van der Waals surface area contributed by atoms with E-state index in [1.165, 1.54) is 18.5 Å². The summed E-state index contributed by atoms with van der Waals surface area (Å²) in [6, 6.07) is 6.58. The summed E-state index contributed by atoms with van der Waals surface area (Å²) < 4.78 is 25.2. The number of rotatable bonds is 3. The van der Waals surface area contributed by atoms with Crippen molar-refractivity contribution in [2.24, 2.45) is 15.1 Å². The molecule has 0 radical (unpaired) electrons. The van der Waals surface area contributed by atoms with Crippen LogP contribution in [-0.2, 0) is 16.2 Å². The number of nitrogens with zero attached hydrogens (tertiary/aromatic N) is 5. The second-order valence-electron chi connectivity index (χ2n) is 8.66. The topological polar surface area (TPSA) is 103 Å². The monoisotopic (exact) mass is 486 g/mol. The molecule has 1 fully saturated rings. The van der Waals surface area contributed by atoms with Gasteiger partial charge in [-0.05, 0) is 38.0 Å². The van der Waals surface area contributed by atoms with Gasteiger partial charge in [-0.3, -0.25) is 9.36 Å². The summed E-state index contributed by atoms with van der Waals surface area (Å²) >= 11 is 5.86. The van der Waals surface area contributed by atoms with E-state index >= 15 is 4.39 Å². The molecule has 1 saturated carbocycles. The highest BCUT2D eigenvalue weighted by molar-refractivity contribution is 7.89. The summed E-state index contributed by atoms with van der Waals surface area (Å²) in [5.41, 5.74) is 7.36. The number of hydrogen-bond donors (Lipinski definition) is 1. The van der Waals surface area contributed by atoms with E-state index in [1.54, 1.807) is 18.2 Å². The molecule has 1 aromatic carbocycles. The fourth-order valence-corrected chi connectivity index (χ4v) is 7.44. The highest BCUT2D eigenvalue weighted by atomic mass is 35.5. The van der Waals surface area contributed by atoms with Gasteiger partial charge in [-0.2, -0.15) is 0 Å². The van der Waals surface area contributed by atoms with Crippen molar-refractivity contribution in [3.8, 4) is 22.8 Å². The summed E-state index contributed by atoms with van der Waals surface area (Å²) in [5, 5.41) is 4.50. The molecule has 33 heavy (non-hydrogen) atoms. The number of amidine groups is 1. The highest BCUT2D eigenvalue weighted by Crippen LogP contribution is 2.45. The average molecular weight is 487 g/mol. The molecule has 0 amide bonds. The smallest absolute Gasteiger partial charge is 0.181 e. The first-order valence-corrected chi connectivity index (χ1v) is 12.5. The summed E-state index contributed by atoms with van der Waals surface area (Å²) in [5.74, 6) is 1.77. The number of halogens is 2. The molecule has 1 aliphatic heterocycles. The second-order valence-corrected chi connectivity index (χ2v) is 11.3. The summed E-state index contributed by atoms with van der Waals surface area (Å²) in [6.45, 7) is 1.93. The number of aliphatic imine (C=N–C) groups is 1. The van der Waals surface area contributed by atoms with Crippen LogP contribution in [0.1, 0.15) is 38.2 Å². The van der Waals surface area contributed by atoms with Crippen molar-refractivity contribution in [2.75, 3.05) is 12.8 Å². The lowest BCUT2D eigenvalue weighted by Gasteiger charge is -2.42. The van der Waals surface area contributed by atoms with Gasteiger partial charge in [0.15, 0.2) is 17.3 Å². The minimum atomic E-state index is -0.817. The Hall–Kier alpha value is -2.65. The molecule has 0 unspecified atom stereocenters. The van der Waals surface area contributed by atoms with Crippen LogP contribution in [0, 0.1) is 5.82 Å². The molecule has 7 nitrogen and oxygen atoms in total. The lowest BCUT2D eigenvalue weighted by atomic mass is 9.91. The molecule has 172 valence electrons. The number of hydrogen-bond acceptors (Lipinski definition) is 7. The molecular weight excluding hydrogens is 463 g/mol. The average Bonchev–Trinajstić information content (AvgIpc) is 3.49. The van der Waals surface area contributed by atoms with Gasteiger partial charge in [0.2, 0.25) is 0 Å². The lowest BCUT2D eigenvalue weighted by molar-refractivity contribution is 0.434. The van der Waals surface area contributed by atoms with Crippen LogP contribution in [-0.4, -0.2) is 38.5 Å². The van der Waals surface area contributed by atoms with E-state index in [0.717, 1.165) is 25.7 Å². The Morgan fingerprint density at radius 3 is 2.61 bits per heavy atom. The molecule has 3 heterocycles. The lowest BCUT2D eigenvalue weighted by Crippen LogP contribution is -2.54. The first kappa shape index (κ1) is 22.2. The molecular formula is C23H24ClFN6OS. The van der Waals surface area contributed by atoms with Crippen molar-refractivity contribution in [3.05, 3.63) is 53.1 Å². The Labute approximate surface area is 198 Å². The van der Waals surface area contributed by atoms with E-state index in [1.807, 2.05) is 14.0 Å². The van der Waals surface area contributed by atoms with Gasteiger partial charge in [0.25, 0.3) is 0 Å². The first-order chi connectivity index (χ1) is 15.8. The van der Waals surface area contributed by atoms with Gasteiger partial charge < -0.3 is 10.3 Å². The number of benzene rings is 1. The quantitative estimate of drug-likeness (QED) is 0.565. The Morgan fingerprint density at radius 1 is 1.18 bits per heavy atom. The third-order valence-electron chi connectivity index (χ3n) is 6.53. The van der Waals surface area contributed by atoms with Crippen LogP contribution in [0.2, 0.25) is 5.02 Å². The standard InChI is InChI=1S/C23H24ClFN6OS/c1-22(13-33(27-2)23(21(26)30-22)7-3-4-8-23)16-9-14(5-6-17(16)25)19-10-18(31-32-19)20-28-11-15(24)12-29-20/h5-6,9-12H,3-4,7-8,13H2,1-2H3,(H2,26,30)/t22-,33-/m0/s1. The summed E-state index contributed by atoms with van der Waals surface area (Å²) in [7, 11) is 1.51. The molecule has 0 bridgehead atoms. The molecule has 1 spiro atoms. The van der Waals surface area contributed by atoms with E-state index in [9.17, 15) is 0 Å². The van der Waals surface area contributed by atoms with Gasteiger partial charge in [0.05, 0.1) is 15.3 Å². The second kappa shape index (κ2) is 8.29. The predicted molar refractivity (Wildman–Crippen MR) is 129 cm³/mol. The van der Waals surface area contributed by atoms with Gasteiger partial charge >= 0.3 is 0 Å². The van der Waals surface area contributed by atoms with Crippen molar-refractivity contribution in [1.29, 1.82) is 0 Å². The zero-order valence-electron chi connectivity index (χ0n) is 18.4. The Morgan fingerprint density at radius 2 is 1.91 bits per heavy atom. The minimum Gasteiger partial charge on any atom is -0.386 e. The van der Waals surface area contributed by atoms with Gasteiger partial charge in [0.1, 0.15) is 11.7 Å².